The Morgan fingerprint density at radius 1 is 1.30 bits per heavy atom. The summed E-state index contributed by atoms with van der Waals surface area (Å²) in [7, 11) is 0. The third-order valence-electron chi connectivity index (χ3n) is 4.26. The van der Waals surface area contributed by atoms with Gasteiger partial charge >= 0.3 is 5.97 Å². The normalized spacial score (nSPS) is 24.4. The lowest BCUT2D eigenvalue weighted by Crippen LogP contribution is -2.26. The van der Waals surface area contributed by atoms with E-state index in [9.17, 15) is 9.90 Å². The number of carbonyl (C=O) groups is 1. The van der Waals surface area contributed by atoms with Crippen LogP contribution in [0.3, 0.4) is 0 Å². The van der Waals surface area contributed by atoms with Gasteiger partial charge in [-0.3, -0.25) is 4.79 Å². The zero-order chi connectivity index (χ0) is 14.9. The number of anilines is 1. The number of hydrogen-bond acceptors (Lipinski definition) is 2. The minimum atomic E-state index is -0.852. The molecule has 110 valence electrons. The molecule has 1 aromatic rings. The van der Waals surface area contributed by atoms with Gasteiger partial charge in [-0.25, -0.2) is 0 Å². The molecule has 1 aliphatic rings. The Balaban J connectivity index is 2.36. The maximum Gasteiger partial charge on any atom is 0.311 e. The van der Waals surface area contributed by atoms with E-state index in [0.29, 0.717) is 27.2 Å². The molecule has 2 rings (SSSR count). The Morgan fingerprint density at radius 2 is 1.90 bits per heavy atom. The summed E-state index contributed by atoms with van der Waals surface area (Å²) in [6, 6.07) is 3.18. The molecule has 0 aliphatic heterocycles. The molecule has 0 heterocycles. The fourth-order valence-corrected chi connectivity index (χ4v) is 3.58. The van der Waals surface area contributed by atoms with Gasteiger partial charge in [0.2, 0.25) is 0 Å². The van der Waals surface area contributed by atoms with E-state index in [1.165, 1.54) is 0 Å². The third-order valence-corrected chi connectivity index (χ3v) is 4.79. The van der Waals surface area contributed by atoms with E-state index >= 15 is 0 Å². The number of nitrogen functional groups attached to an aromatic ring is 1. The van der Waals surface area contributed by atoms with Crippen LogP contribution in [0, 0.1) is 11.8 Å². The summed E-state index contributed by atoms with van der Waals surface area (Å²) in [6.07, 6.45) is 3.93. The van der Waals surface area contributed by atoms with Crippen molar-refractivity contribution in [3.63, 3.8) is 0 Å². The lowest BCUT2D eigenvalue weighted by Gasteiger charge is -2.31. The van der Waals surface area contributed by atoms with E-state index < -0.39 is 11.9 Å². The Hall–Kier alpha value is -0.930. The highest BCUT2D eigenvalue weighted by molar-refractivity contribution is 6.36. The molecule has 5 heteroatoms. The van der Waals surface area contributed by atoms with Crippen molar-refractivity contribution in [2.45, 2.75) is 38.5 Å². The first-order valence-electron chi connectivity index (χ1n) is 6.87. The van der Waals surface area contributed by atoms with E-state index in [4.69, 9.17) is 28.9 Å². The molecular weight excluding hydrogens is 297 g/mol. The van der Waals surface area contributed by atoms with Gasteiger partial charge in [0.05, 0.1) is 16.6 Å². The number of carboxylic acid groups (broad SMARTS) is 1. The highest BCUT2D eigenvalue weighted by atomic mass is 35.5. The number of nitrogens with two attached hydrogens (primary N) is 1. The van der Waals surface area contributed by atoms with Crippen molar-refractivity contribution >= 4 is 34.9 Å². The second-order valence-corrected chi connectivity index (χ2v) is 6.57. The molecule has 1 aliphatic carbocycles. The first-order valence-corrected chi connectivity index (χ1v) is 7.63. The van der Waals surface area contributed by atoms with Gasteiger partial charge in [-0.2, -0.15) is 0 Å². The predicted octanol–water partition coefficient (Wildman–Crippen LogP) is 4.57. The molecule has 0 amide bonds. The molecular formula is C15H19Cl2NO2. The average molecular weight is 316 g/mol. The minimum absolute atomic E-state index is 0.0977. The summed E-state index contributed by atoms with van der Waals surface area (Å²) in [5.41, 5.74) is 6.86. The zero-order valence-corrected chi connectivity index (χ0v) is 12.9. The second-order valence-electron chi connectivity index (χ2n) is 5.73. The van der Waals surface area contributed by atoms with Crippen LogP contribution in [-0.2, 0) is 4.79 Å². The van der Waals surface area contributed by atoms with Crippen LogP contribution in [0.25, 0.3) is 0 Å². The van der Waals surface area contributed by atoms with Crippen LogP contribution >= 0.6 is 23.2 Å². The summed E-state index contributed by atoms with van der Waals surface area (Å²) in [5, 5.41) is 10.4. The monoisotopic (exact) mass is 315 g/mol. The Kier molecular flexibility index (Phi) is 4.82. The van der Waals surface area contributed by atoms with Crippen molar-refractivity contribution in [2.24, 2.45) is 11.8 Å². The highest BCUT2D eigenvalue weighted by Crippen LogP contribution is 2.42. The molecule has 3 nitrogen and oxygen atoms in total. The molecule has 0 saturated heterocycles. The average Bonchev–Trinajstić information content (AvgIpc) is 2.37. The minimum Gasteiger partial charge on any atom is -0.481 e. The van der Waals surface area contributed by atoms with Gasteiger partial charge in [-0.05, 0) is 42.4 Å². The van der Waals surface area contributed by atoms with Crippen LogP contribution in [0.5, 0.6) is 0 Å². The Morgan fingerprint density at radius 3 is 2.45 bits per heavy atom. The van der Waals surface area contributed by atoms with Crippen LogP contribution < -0.4 is 5.73 Å². The lowest BCUT2D eigenvalue weighted by molar-refractivity contribution is -0.140. The third kappa shape index (κ3) is 3.21. The maximum atomic E-state index is 11.7. The van der Waals surface area contributed by atoms with Crippen LogP contribution in [0.4, 0.5) is 5.69 Å². The quantitative estimate of drug-likeness (QED) is 0.803. The van der Waals surface area contributed by atoms with Gasteiger partial charge in [-0.15, -0.1) is 0 Å². The largest absolute Gasteiger partial charge is 0.481 e. The fraction of sp³-hybridized carbons (Fsp3) is 0.533. The van der Waals surface area contributed by atoms with Crippen molar-refractivity contribution in [3.05, 3.63) is 27.7 Å². The summed E-state index contributed by atoms with van der Waals surface area (Å²) in [4.78, 5) is 11.7. The molecule has 1 saturated carbocycles. The number of rotatable bonds is 3. The van der Waals surface area contributed by atoms with E-state index in [1.807, 2.05) is 0 Å². The van der Waals surface area contributed by atoms with Crippen molar-refractivity contribution in [2.75, 3.05) is 5.73 Å². The van der Waals surface area contributed by atoms with Gasteiger partial charge in [0.15, 0.2) is 0 Å². The summed E-state index contributed by atoms with van der Waals surface area (Å²) >= 11 is 12.0. The Bertz CT molecular complexity index is 511. The standard InChI is InChI=1S/C15H19Cl2NO2/c1-8-2-4-9(5-3-8)13(15(19)20)11-6-10(16)7-12(17)14(11)18/h6-9,13H,2-5,18H2,1H3,(H,19,20). The molecule has 20 heavy (non-hydrogen) atoms. The van der Waals surface area contributed by atoms with Crippen LogP contribution in [0.2, 0.25) is 10.0 Å². The number of halogens is 2. The molecule has 0 spiro atoms. The van der Waals surface area contributed by atoms with E-state index in [2.05, 4.69) is 6.92 Å². The van der Waals surface area contributed by atoms with E-state index in [1.54, 1.807) is 12.1 Å². The van der Waals surface area contributed by atoms with Gasteiger partial charge in [0.25, 0.3) is 0 Å². The summed E-state index contributed by atoms with van der Waals surface area (Å²) in [5.74, 6) is -0.713. The molecule has 0 bridgehead atoms. The van der Waals surface area contributed by atoms with Crippen molar-refractivity contribution in [3.8, 4) is 0 Å². The van der Waals surface area contributed by atoms with Crippen molar-refractivity contribution in [1.82, 2.24) is 0 Å². The second kappa shape index (κ2) is 6.23. The van der Waals surface area contributed by atoms with Crippen molar-refractivity contribution < 1.29 is 9.90 Å². The number of carboxylic acids is 1. The molecule has 0 aromatic heterocycles. The fourth-order valence-electron chi connectivity index (χ4n) is 3.07. The van der Waals surface area contributed by atoms with Crippen LogP contribution in [0.1, 0.15) is 44.1 Å². The smallest absolute Gasteiger partial charge is 0.311 e. The van der Waals surface area contributed by atoms with Gasteiger partial charge in [-0.1, -0.05) is 43.0 Å². The SMILES string of the molecule is CC1CCC(C(C(=O)O)c2cc(Cl)cc(Cl)c2N)CC1. The first-order chi connectivity index (χ1) is 9.40. The van der Waals surface area contributed by atoms with E-state index in [0.717, 1.165) is 25.7 Å². The molecule has 1 unspecified atom stereocenters. The molecule has 3 N–H and O–H groups in total. The molecule has 1 atom stereocenters. The van der Waals surface area contributed by atoms with Crippen LogP contribution in [0.15, 0.2) is 12.1 Å². The highest BCUT2D eigenvalue weighted by Gasteiger charge is 2.34. The van der Waals surface area contributed by atoms with Crippen molar-refractivity contribution in [1.29, 1.82) is 0 Å². The molecule has 1 fully saturated rings. The number of hydrogen-bond donors (Lipinski definition) is 2. The van der Waals surface area contributed by atoms with E-state index in [-0.39, 0.29) is 5.92 Å². The lowest BCUT2D eigenvalue weighted by atomic mass is 9.73. The van der Waals surface area contributed by atoms with Gasteiger partial charge < -0.3 is 10.8 Å². The number of aliphatic carboxylic acids is 1. The maximum absolute atomic E-state index is 11.7. The van der Waals surface area contributed by atoms with Gasteiger partial charge in [0.1, 0.15) is 0 Å². The summed E-state index contributed by atoms with van der Waals surface area (Å²) in [6.45, 7) is 2.20. The topological polar surface area (TPSA) is 63.3 Å². The molecule has 1 aromatic carbocycles. The molecule has 0 radical (unpaired) electrons. The van der Waals surface area contributed by atoms with Gasteiger partial charge in [0, 0.05) is 5.02 Å². The Labute approximate surface area is 129 Å². The predicted molar refractivity (Wildman–Crippen MR) is 82.4 cm³/mol. The first kappa shape index (κ1) is 15.5. The summed E-state index contributed by atoms with van der Waals surface area (Å²) < 4.78 is 0. The van der Waals surface area contributed by atoms with Crippen LogP contribution in [-0.4, -0.2) is 11.1 Å². The number of benzene rings is 1. The zero-order valence-electron chi connectivity index (χ0n) is 11.4.